The lowest BCUT2D eigenvalue weighted by Crippen LogP contribution is -2.31. The number of benzene rings is 1. The molecule has 0 bridgehead atoms. The minimum Gasteiger partial charge on any atom is -0.391 e. The van der Waals surface area contributed by atoms with Gasteiger partial charge in [-0.2, -0.15) is 0 Å². The number of para-hydroxylation sites is 1. The monoisotopic (exact) mass is 300 g/mol. The summed E-state index contributed by atoms with van der Waals surface area (Å²) in [5.41, 5.74) is 3.05. The number of methoxy groups -OCH3 is 1. The minimum atomic E-state index is -0.427. The number of pyridine rings is 1. The second kappa shape index (κ2) is 6.02. The van der Waals surface area contributed by atoms with Crippen molar-refractivity contribution in [3.63, 3.8) is 0 Å². The van der Waals surface area contributed by atoms with Crippen LogP contribution in [0.1, 0.15) is 28.0 Å². The second-order valence-corrected chi connectivity index (χ2v) is 5.70. The van der Waals surface area contributed by atoms with E-state index in [-0.39, 0.29) is 5.91 Å². The van der Waals surface area contributed by atoms with Crippen LogP contribution in [-0.4, -0.2) is 47.2 Å². The van der Waals surface area contributed by atoms with Gasteiger partial charge in [0.05, 0.1) is 29.5 Å². The molecule has 2 heterocycles. The molecule has 0 saturated carbocycles. The van der Waals surface area contributed by atoms with Crippen molar-refractivity contribution < 1.29 is 14.6 Å². The number of β-amino-alcohol motifs (C(OH)–C–C–N with tert-alkyl or cyclic N) is 1. The highest BCUT2D eigenvalue weighted by Crippen LogP contribution is 2.26. The first-order valence-electron chi connectivity index (χ1n) is 7.46. The summed E-state index contributed by atoms with van der Waals surface area (Å²) >= 11 is 0. The Bertz CT molecular complexity index is 714. The first-order chi connectivity index (χ1) is 10.6. The van der Waals surface area contributed by atoms with E-state index < -0.39 is 6.10 Å². The molecule has 0 spiro atoms. The van der Waals surface area contributed by atoms with Crippen LogP contribution in [0.15, 0.2) is 24.3 Å². The molecule has 1 saturated heterocycles. The molecule has 1 aromatic heterocycles. The lowest BCUT2D eigenvalue weighted by molar-refractivity contribution is 0.0758. The van der Waals surface area contributed by atoms with Crippen molar-refractivity contribution in [1.82, 2.24) is 9.88 Å². The number of hydrogen-bond acceptors (Lipinski definition) is 4. The van der Waals surface area contributed by atoms with Crippen LogP contribution >= 0.6 is 0 Å². The Morgan fingerprint density at radius 3 is 2.91 bits per heavy atom. The standard InChI is InChI=1S/C17H20N2O3/c1-11-13-5-3-4-6-14(13)18-15(10-22-2)16(11)17(21)19-8-7-12(20)9-19/h3-6,12,20H,7-10H2,1-2H3. The average Bonchev–Trinajstić information content (AvgIpc) is 2.94. The number of aromatic nitrogens is 1. The SMILES string of the molecule is COCc1nc2ccccc2c(C)c1C(=O)N1CCC(O)C1. The Hall–Kier alpha value is -1.98. The summed E-state index contributed by atoms with van der Waals surface area (Å²) in [6, 6.07) is 7.80. The number of aliphatic hydroxyl groups is 1. The topological polar surface area (TPSA) is 62.7 Å². The van der Waals surface area contributed by atoms with E-state index in [1.807, 2.05) is 31.2 Å². The average molecular weight is 300 g/mol. The fourth-order valence-electron chi connectivity index (χ4n) is 3.05. The summed E-state index contributed by atoms with van der Waals surface area (Å²) in [6.45, 7) is 3.21. The zero-order chi connectivity index (χ0) is 15.7. The Labute approximate surface area is 129 Å². The summed E-state index contributed by atoms with van der Waals surface area (Å²) in [6.07, 6.45) is 0.203. The number of fused-ring (bicyclic) bond motifs is 1. The predicted molar refractivity (Wildman–Crippen MR) is 83.7 cm³/mol. The smallest absolute Gasteiger partial charge is 0.256 e. The molecule has 22 heavy (non-hydrogen) atoms. The van der Waals surface area contributed by atoms with Gasteiger partial charge in [0.25, 0.3) is 5.91 Å². The third-order valence-corrected chi connectivity index (χ3v) is 4.17. The van der Waals surface area contributed by atoms with E-state index in [1.54, 1.807) is 12.0 Å². The van der Waals surface area contributed by atoms with Crippen molar-refractivity contribution in [1.29, 1.82) is 0 Å². The summed E-state index contributed by atoms with van der Waals surface area (Å²) in [5.74, 6) is -0.0700. The molecule has 1 aliphatic heterocycles. The van der Waals surface area contributed by atoms with Gasteiger partial charge in [0.1, 0.15) is 0 Å². The number of ether oxygens (including phenoxy) is 1. The van der Waals surface area contributed by atoms with E-state index in [0.29, 0.717) is 37.4 Å². The van der Waals surface area contributed by atoms with Crippen molar-refractivity contribution >= 4 is 16.8 Å². The second-order valence-electron chi connectivity index (χ2n) is 5.70. The molecule has 1 unspecified atom stereocenters. The fourth-order valence-corrected chi connectivity index (χ4v) is 3.05. The van der Waals surface area contributed by atoms with Gasteiger partial charge in [0, 0.05) is 25.6 Å². The first kappa shape index (κ1) is 14.9. The highest BCUT2D eigenvalue weighted by Gasteiger charge is 2.29. The maximum absolute atomic E-state index is 12.9. The fraction of sp³-hybridized carbons (Fsp3) is 0.412. The number of likely N-dealkylation sites (tertiary alicyclic amines) is 1. The van der Waals surface area contributed by atoms with Gasteiger partial charge in [-0.3, -0.25) is 4.79 Å². The van der Waals surface area contributed by atoms with Gasteiger partial charge in [0.15, 0.2) is 0 Å². The number of carbonyl (C=O) groups is 1. The summed E-state index contributed by atoms with van der Waals surface area (Å²) in [7, 11) is 1.60. The van der Waals surface area contributed by atoms with Crippen LogP contribution in [0.2, 0.25) is 0 Å². The van der Waals surface area contributed by atoms with E-state index in [0.717, 1.165) is 16.5 Å². The maximum Gasteiger partial charge on any atom is 0.256 e. The van der Waals surface area contributed by atoms with Crippen LogP contribution in [0.3, 0.4) is 0 Å². The molecule has 1 N–H and O–H groups in total. The zero-order valence-corrected chi connectivity index (χ0v) is 12.9. The molecule has 0 aliphatic carbocycles. The number of aryl methyl sites for hydroxylation is 1. The van der Waals surface area contributed by atoms with Gasteiger partial charge < -0.3 is 14.7 Å². The molecule has 1 aromatic carbocycles. The zero-order valence-electron chi connectivity index (χ0n) is 12.9. The molecule has 1 amide bonds. The normalized spacial score (nSPS) is 18.1. The minimum absolute atomic E-state index is 0.0700. The molecule has 2 aromatic rings. The van der Waals surface area contributed by atoms with Crippen LogP contribution in [-0.2, 0) is 11.3 Å². The van der Waals surface area contributed by atoms with Crippen LogP contribution in [0, 0.1) is 6.92 Å². The highest BCUT2D eigenvalue weighted by atomic mass is 16.5. The first-order valence-corrected chi connectivity index (χ1v) is 7.46. The Morgan fingerprint density at radius 2 is 2.23 bits per heavy atom. The van der Waals surface area contributed by atoms with E-state index >= 15 is 0 Å². The lowest BCUT2D eigenvalue weighted by Gasteiger charge is -2.20. The van der Waals surface area contributed by atoms with Crippen molar-refractivity contribution in [2.45, 2.75) is 26.1 Å². The molecule has 116 valence electrons. The van der Waals surface area contributed by atoms with Crippen LogP contribution in [0.5, 0.6) is 0 Å². The van der Waals surface area contributed by atoms with Crippen LogP contribution in [0.4, 0.5) is 0 Å². The third-order valence-electron chi connectivity index (χ3n) is 4.17. The van der Waals surface area contributed by atoms with E-state index in [9.17, 15) is 9.90 Å². The highest BCUT2D eigenvalue weighted by molar-refractivity contribution is 6.01. The Kier molecular flexibility index (Phi) is 4.09. The number of amides is 1. The van der Waals surface area contributed by atoms with Crippen LogP contribution in [0.25, 0.3) is 10.9 Å². The van der Waals surface area contributed by atoms with Crippen molar-refractivity contribution in [3.05, 3.63) is 41.1 Å². The van der Waals surface area contributed by atoms with Crippen molar-refractivity contribution in [2.24, 2.45) is 0 Å². The number of carbonyl (C=O) groups excluding carboxylic acids is 1. The number of nitrogens with zero attached hydrogens (tertiary/aromatic N) is 2. The molecule has 1 atom stereocenters. The molecule has 1 aliphatic rings. The third kappa shape index (κ3) is 2.58. The Morgan fingerprint density at radius 1 is 1.45 bits per heavy atom. The maximum atomic E-state index is 12.9. The number of aliphatic hydroxyl groups excluding tert-OH is 1. The summed E-state index contributed by atoms with van der Waals surface area (Å²) in [5, 5.41) is 10.7. The molecule has 5 nitrogen and oxygen atoms in total. The quantitative estimate of drug-likeness (QED) is 0.940. The van der Waals surface area contributed by atoms with Gasteiger partial charge >= 0.3 is 0 Å². The van der Waals surface area contributed by atoms with E-state index in [1.165, 1.54) is 0 Å². The predicted octanol–water partition coefficient (Wildman–Crippen LogP) is 1.90. The lowest BCUT2D eigenvalue weighted by atomic mass is 10.0. The van der Waals surface area contributed by atoms with Gasteiger partial charge in [-0.1, -0.05) is 18.2 Å². The van der Waals surface area contributed by atoms with E-state index in [2.05, 4.69) is 4.98 Å². The van der Waals surface area contributed by atoms with Crippen molar-refractivity contribution in [3.8, 4) is 0 Å². The van der Waals surface area contributed by atoms with Gasteiger partial charge in [-0.05, 0) is 25.0 Å². The Balaban J connectivity index is 2.11. The molecule has 5 heteroatoms. The van der Waals surface area contributed by atoms with Gasteiger partial charge in [0.2, 0.25) is 0 Å². The molecular formula is C17H20N2O3. The van der Waals surface area contributed by atoms with Gasteiger partial charge in [-0.15, -0.1) is 0 Å². The van der Waals surface area contributed by atoms with E-state index in [4.69, 9.17) is 4.74 Å². The van der Waals surface area contributed by atoms with Gasteiger partial charge in [-0.25, -0.2) is 4.98 Å². The largest absolute Gasteiger partial charge is 0.391 e. The summed E-state index contributed by atoms with van der Waals surface area (Å²) in [4.78, 5) is 19.2. The molecule has 1 fully saturated rings. The summed E-state index contributed by atoms with van der Waals surface area (Å²) < 4.78 is 5.22. The number of hydrogen-bond donors (Lipinski definition) is 1. The molecular weight excluding hydrogens is 280 g/mol. The van der Waals surface area contributed by atoms with Crippen molar-refractivity contribution in [2.75, 3.05) is 20.2 Å². The molecule has 3 rings (SSSR count). The number of rotatable bonds is 3. The van der Waals surface area contributed by atoms with Crippen LogP contribution < -0.4 is 0 Å². The molecule has 0 radical (unpaired) electrons.